The first-order chi connectivity index (χ1) is 13.2. The molecule has 0 saturated heterocycles. The van der Waals surface area contributed by atoms with Crippen LogP contribution in [0.2, 0.25) is 0 Å². The first-order valence-corrected chi connectivity index (χ1v) is 8.83. The summed E-state index contributed by atoms with van der Waals surface area (Å²) >= 11 is 3.25. The van der Waals surface area contributed by atoms with Crippen LogP contribution >= 0.6 is 15.9 Å². The van der Waals surface area contributed by atoms with Crippen LogP contribution in [0.3, 0.4) is 0 Å². The Morgan fingerprint density at radius 2 is 1.89 bits per heavy atom. The van der Waals surface area contributed by atoms with Crippen molar-refractivity contribution in [2.24, 2.45) is 0 Å². The molecular formula is C17H15BrF3N3O4. The van der Waals surface area contributed by atoms with Crippen molar-refractivity contribution in [3.8, 4) is 5.69 Å². The van der Waals surface area contributed by atoms with Crippen LogP contribution in [0.5, 0.6) is 0 Å². The molecule has 0 radical (unpaired) electrons. The van der Waals surface area contributed by atoms with Crippen LogP contribution in [-0.2, 0) is 20.4 Å². The fourth-order valence-corrected chi connectivity index (χ4v) is 2.60. The van der Waals surface area contributed by atoms with E-state index in [2.05, 4.69) is 26.2 Å². The number of hydrogen-bond donors (Lipinski definition) is 0. The highest BCUT2D eigenvalue weighted by atomic mass is 79.9. The normalized spacial score (nSPS) is 11.6. The van der Waals surface area contributed by atoms with Gasteiger partial charge in [0.25, 0.3) is 0 Å². The zero-order chi connectivity index (χ0) is 20.9. The van der Waals surface area contributed by atoms with Gasteiger partial charge in [0.1, 0.15) is 0 Å². The number of nitrogens with zero attached hydrogens (tertiary/aromatic N) is 3. The summed E-state index contributed by atoms with van der Waals surface area (Å²) in [6.07, 6.45) is -2.46. The Labute approximate surface area is 166 Å². The minimum atomic E-state index is -4.91. The van der Waals surface area contributed by atoms with Crippen LogP contribution < -0.4 is 0 Å². The number of esters is 2. The zero-order valence-corrected chi connectivity index (χ0v) is 16.4. The maximum atomic E-state index is 13.3. The van der Waals surface area contributed by atoms with Gasteiger partial charge in [-0.15, -0.1) is 5.10 Å². The molecule has 7 nitrogen and oxygen atoms in total. The van der Waals surface area contributed by atoms with Gasteiger partial charge < -0.3 is 9.47 Å². The van der Waals surface area contributed by atoms with Gasteiger partial charge in [0.2, 0.25) is 5.69 Å². The number of benzene rings is 1. The number of halogens is 4. The second kappa shape index (κ2) is 9.00. The average Bonchev–Trinajstić information content (AvgIpc) is 3.06. The largest absolute Gasteiger partial charge is 0.463 e. The van der Waals surface area contributed by atoms with Crippen molar-refractivity contribution in [3.63, 3.8) is 0 Å². The molecule has 28 heavy (non-hydrogen) atoms. The first-order valence-electron chi connectivity index (χ1n) is 8.03. The van der Waals surface area contributed by atoms with Crippen LogP contribution in [0.15, 0.2) is 28.7 Å². The van der Waals surface area contributed by atoms with Gasteiger partial charge in [-0.25, -0.2) is 14.3 Å². The van der Waals surface area contributed by atoms with Gasteiger partial charge in [-0.2, -0.15) is 13.2 Å². The molecule has 0 spiro atoms. The van der Waals surface area contributed by atoms with Crippen LogP contribution in [0.1, 0.15) is 35.6 Å². The third-order valence-electron chi connectivity index (χ3n) is 3.31. The molecule has 0 bridgehead atoms. The zero-order valence-electron chi connectivity index (χ0n) is 14.8. The Kier molecular flexibility index (Phi) is 6.95. The minimum Gasteiger partial charge on any atom is -0.463 e. The summed E-state index contributed by atoms with van der Waals surface area (Å²) in [5, 5.41) is 6.61. The quantitative estimate of drug-likeness (QED) is 0.480. The Balaban J connectivity index is 2.63. The molecule has 0 aliphatic heterocycles. The van der Waals surface area contributed by atoms with Crippen molar-refractivity contribution >= 4 is 33.9 Å². The number of aromatic nitrogens is 3. The molecule has 0 saturated carbocycles. The summed E-state index contributed by atoms with van der Waals surface area (Å²) < 4.78 is 50.7. The highest BCUT2D eigenvalue weighted by Gasteiger charge is 2.42. The van der Waals surface area contributed by atoms with Gasteiger partial charge in [0.15, 0.2) is 5.69 Å². The maximum absolute atomic E-state index is 13.3. The van der Waals surface area contributed by atoms with E-state index in [1.54, 1.807) is 13.0 Å². The van der Waals surface area contributed by atoms with E-state index in [1.165, 1.54) is 25.1 Å². The molecule has 1 heterocycles. The first kappa shape index (κ1) is 21.6. The van der Waals surface area contributed by atoms with E-state index in [4.69, 9.17) is 9.47 Å². The Morgan fingerprint density at radius 1 is 1.21 bits per heavy atom. The molecule has 0 aliphatic carbocycles. The monoisotopic (exact) mass is 461 g/mol. The van der Waals surface area contributed by atoms with E-state index in [-0.39, 0.29) is 18.9 Å². The standard InChI is InChI=1S/C17H15BrF3N3O4/c1-3-27-13(25)8-5-10-9-11(18)6-7-12(10)24-14(16(26)28-4-2)15(22-23-24)17(19,20)21/h5-9H,3-4H2,1-2H3/b8-5+. The molecule has 0 atom stereocenters. The molecule has 0 aliphatic rings. The number of alkyl halides is 3. The van der Waals surface area contributed by atoms with Crippen LogP contribution in [0.25, 0.3) is 11.8 Å². The highest BCUT2D eigenvalue weighted by Crippen LogP contribution is 2.32. The van der Waals surface area contributed by atoms with E-state index in [9.17, 15) is 22.8 Å². The van der Waals surface area contributed by atoms with E-state index in [0.717, 1.165) is 10.8 Å². The number of carbonyl (C=O) groups is 2. The van der Waals surface area contributed by atoms with Gasteiger partial charge in [0.05, 0.1) is 18.9 Å². The van der Waals surface area contributed by atoms with Crippen molar-refractivity contribution in [2.75, 3.05) is 13.2 Å². The molecule has 1 aromatic carbocycles. The van der Waals surface area contributed by atoms with Crippen LogP contribution in [-0.4, -0.2) is 40.1 Å². The second-order valence-electron chi connectivity index (χ2n) is 5.21. The molecule has 0 unspecified atom stereocenters. The Morgan fingerprint density at radius 3 is 2.50 bits per heavy atom. The molecule has 2 aromatic rings. The molecular weight excluding hydrogens is 447 g/mol. The lowest BCUT2D eigenvalue weighted by atomic mass is 10.1. The summed E-state index contributed by atoms with van der Waals surface area (Å²) in [6.45, 7) is 3.14. The fourth-order valence-electron chi connectivity index (χ4n) is 2.22. The molecule has 0 amide bonds. The van der Waals surface area contributed by atoms with E-state index < -0.39 is 29.5 Å². The predicted molar refractivity (Wildman–Crippen MR) is 95.7 cm³/mol. The molecule has 1 aromatic heterocycles. The SMILES string of the molecule is CCOC(=O)/C=C/c1cc(Br)ccc1-n1nnc(C(F)(F)F)c1C(=O)OCC. The Hall–Kier alpha value is -2.69. The molecule has 2 rings (SSSR count). The fraction of sp³-hybridized carbons (Fsp3) is 0.294. The van der Waals surface area contributed by atoms with Gasteiger partial charge in [-0.1, -0.05) is 21.1 Å². The third-order valence-corrected chi connectivity index (χ3v) is 3.80. The molecule has 150 valence electrons. The maximum Gasteiger partial charge on any atom is 0.437 e. The highest BCUT2D eigenvalue weighted by molar-refractivity contribution is 9.10. The number of carbonyl (C=O) groups excluding carboxylic acids is 2. The summed E-state index contributed by atoms with van der Waals surface area (Å²) in [4.78, 5) is 23.7. The van der Waals surface area contributed by atoms with E-state index >= 15 is 0 Å². The lowest BCUT2D eigenvalue weighted by molar-refractivity contribution is -0.141. The third kappa shape index (κ3) is 4.97. The second-order valence-corrected chi connectivity index (χ2v) is 6.12. The molecule has 11 heteroatoms. The lowest BCUT2D eigenvalue weighted by Crippen LogP contribution is -2.18. The van der Waals surface area contributed by atoms with Gasteiger partial charge in [-0.05, 0) is 38.1 Å². The van der Waals surface area contributed by atoms with Crippen LogP contribution in [0, 0.1) is 0 Å². The number of hydrogen-bond acceptors (Lipinski definition) is 6. The van der Waals surface area contributed by atoms with Gasteiger partial charge in [-0.3, -0.25) is 0 Å². The lowest BCUT2D eigenvalue weighted by Gasteiger charge is -2.11. The smallest absolute Gasteiger partial charge is 0.437 e. The van der Waals surface area contributed by atoms with Crippen LogP contribution in [0.4, 0.5) is 13.2 Å². The van der Waals surface area contributed by atoms with Gasteiger partial charge in [0, 0.05) is 16.1 Å². The summed E-state index contributed by atoms with van der Waals surface area (Å²) in [5.74, 6) is -1.85. The van der Waals surface area contributed by atoms with E-state index in [0.29, 0.717) is 10.0 Å². The average molecular weight is 462 g/mol. The number of ether oxygens (including phenoxy) is 2. The summed E-state index contributed by atoms with van der Waals surface area (Å²) in [7, 11) is 0. The van der Waals surface area contributed by atoms with Gasteiger partial charge >= 0.3 is 18.1 Å². The van der Waals surface area contributed by atoms with Crippen molar-refractivity contribution < 1.29 is 32.2 Å². The van der Waals surface area contributed by atoms with Crippen molar-refractivity contribution in [2.45, 2.75) is 20.0 Å². The van der Waals surface area contributed by atoms with Crippen molar-refractivity contribution in [3.05, 3.63) is 45.7 Å². The Bertz CT molecular complexity index is 910. The summed E-state index contributed by atoms with van der Waals surface area (Å²) in [6, 6.07) is 4.50. The molecule has 0 fully saturated rings. The van der Waals surface area contributed by atoms with Crippen molar-refractivity contribution in [1.29, 1.82) is 0 Å². The predicted octanol–water partition coefficient (Wildman–Crippen LogP) is 3.80. The summed E-state index contributed by atoms with van der Waals surface area (Å²) in [5.41, 5.74) is -1.93. The molecule has 0 N–H and O–H groups in total. The topological polar surface area (TPSA) is 83.3 Å². The minimum absolute atomic E-state index is 0.0924. The number of rotatable bonds is 6. The van der Waals surface area contributed by atoms with Crippen molar-refractivity contribution in [1.82, 2.24) is 15.0 Å². The van der Waals surface area contributed by atoms with E-state index in [1.807, 2.05) is 0 Å².